The molecular weight excluding hydrogens is 266 g/mol. The van der Waals surface area contributed by atoms with E-state index < -0.39 is 0 Å². The van der Waals surface area contributed by atoms with Gasteiger partial charge in [0.05, 0.1) is 0 Å². The zero-order valence-corrected chi connectivity index (χ0v) is 14.2. The van der Waals surface area contributed by atoms with Gasteiger partial charge < -0.3 is 5.32 Å². The summed E-state index contributed by atoms with van der Waals surface area (Å²) in [6.07, 6.45) is 3.78. The number of thioether (sulfide) groups is 1. The van der Waals surface area contributed by atoms with Gasteiger partial charge in [-0.05, 0) is 51.1 Å². The second-order valence-corrected chi connectivity index (χ2v) is 7.87. The van der Waals surface area contributed by atoms with E-state index in [0.717, 1.165) is 23.1 Å². The number of hydrogen-bond donors (Lipinski definition) is 1. The number of aromatic nitrogens is 2. The number of nitrogens with one attached hydrogen (secondary N) is 1. The Balaban J connectivity index is 2.13. The molecule has 1 heterocycles. The molecule has 0 saturated heterocycles. The van der Waals surface area contributed by atoms with Crippen LogP contribution in [0.25, 0.3) is 0 Å². The molecule has 0 aliphatic heterocycles. The summed E-state index contributed by atoms with van der Waals surface area (Å²) in [5.41, 5.74) is 2.56. The van der Waals surface area contributed by atoms with Gasteiger partial charge in [-0.2, -0.15) is 0 Å². The molecule has 112 valence electrons. The molecular formula is C16H27N3S. The average Bonchev–Trinajstić information content (AvgIpc) is 2.31. The lowest BCUT2D eigenvalue weighted by molar-refractivity contribution is 0.215. The zero-order valence-electron chi connectivity index (χ0n) is 13.4. The molecule has 1 fully saturated rings. The lowest BCUT2D eigenvalue weighted by Gasteiger charge is -2.40. The van der Waals surface area contributed by atoms with E-state index in [-0.39, 0.29) is 0 Å². The summed E-state index contributed by atoms with van der Waals surface area (Å²) in [6, 6.07) is 2.62. The minimum absolute atomic E-state index is 0.433. The molecule has 2 atom stereocenters. The molecule has 4 heteroatoms. The van der Waals surface area contributed by atoms with E-state index in [4.69, 9.17) is 0 Å². The Bertz CT molecular complexity index is 439. The third-order valence-corrected chi connectivity index (χ3v) is 5.21. The fourth-order valence-corrected chi connectivity index (χ4v) is 4.62. The summed E-state index contributed by atoms with van der Waals surface area (Å²) in [7, 11) is 0. The predicted molar refractivity (Wildman–Crippen MR) is 86.2 cm³/mol. The highest BCUT2D eigenvalue weighted by Crippen LogP contribution is 2.42. The first-order valence-electron chi connectivity index (χ1n) is 7.62. The van der Waals surface area contributed by atoms with Gasteiger partial charge in [0.25, 0.3) is 0 Å². The van der Waals surface area contributed by atoms with Gasteiger partial charge in [0.15, 0.2) is 5.16 Å². The second kappa shape index (κ2) is 6.44. The number of rotatable bonds is 4. The zero-order chi connectivity index (χ0) is 14.8. The lowest BCUT2D eigenvalue weighted by Crippen LogP contribution is -2.44. The van der Waals surface area contributed by atoms with E-state index in [2.05, 4.69) is 36.1 Å². The van der Waals surface area contributed by atoms with E-state index in [1.165, 1.54) is 19.3 Å². The highest BCUT2D eigenvalue weighted by molar-refractivity contribution is 7.99. The molecule has 3 nitrogen and oxygen atoms in total. The summed E-state index contributed by atoms with van der Waals surface area (Å²) in [5.74, 6) is 0. The van der Waals surface area contributed by atoms with Crippen molar-refractivity contribution in [3.05, 3.63) is 17.5 Å². The molecule has 1 aromatic heterocycles. The van der Waals surface area contributed by atoms with Crippen molar-refractivity contribution in [3.8, 4) is 0 Å². The Morgan fingerprint density at radius 2 is 1.95 bits per heavy atom. The van der Waals surface area contributed by atoms with Crippen LogP contribution in [0.4, 0.5) is 0 Å². The summed E-state index contributed by atoms with van der Waals surface area (Å²) in [4.78, 5) is 9.19. The van der Waals surface area contributed by atoms with E-state index in [1.807, 2.05) is 31.7 Å². The molecule has 2 unspecified atom stereocenters. The van der Waals surface area contributed by atoms with Crippen molar-refractivity contribution in [1.29, 1.82) is 0 Å². The molecule has 1 aliphatic carbocycles. The van der Waals surface area contributed by atoms with Gasteiger partial charge in [0.1, 0.15) is 0 Å². The summed E-state index contributed by atoms with van der Waals surface area (Å²) in [6.45, 7) is 12.1. The van der Waals surface area contributed by atoms with Gasteiger partial charge in [-0.15, -0.1) is 0 Å². The first-order chi connectivity index (χ1) is 9.39. The Morgan fingerprint density at radius 3 is 2.55 bits per heavy atom. The van der Waals surface area contributed by atoms with Crippen LogP contribution in [-0.4, -0.2) is 27.8 Å². The molecule has 0 spiro atoms. The smallest absolute Gasteiger partial charge is 0.188 e. The second-order valence-electron chi connectivity index (χ2n) is 6.66. The van der Waals surface area contributed by atoms with Gasteiger partial charge in [0, 0.05) is 22.7 Å². The van der Waals surface area contributed by atoms with E-state index in [0.29, 0.717) is 16.7 Å². The van der Waals surface area contributed by atoms with Gasteiger partial charge in [-0.25, -0.2) is 9.97 Å². The fraction of sp³-hybridized carbons (Fsp3) is 0.750. The molecule has 1 N–H and O–H groups in total. The van der Waals surface area contributed by atoms with Crippen LogP contribution < -0.4 is 5.32 Å². The van der Waals surface area contributed by atoms with Gasteiger partial charge in [-0.1, -0.05) is 32.5 Å². The molecule has 0 radical (unpaired) electrons. The first-order valence-corrected chi connectivity index (χ1v) is 8.50. The number of nitrogens with zero attached hydrogens (tertiary/aromatic N) is 2. The third-order valence-electron chi connectivity index (χ3n) is 4.02. The molecule has 1 aliphatic rings. The van der Waals surface area contributed by atoms with Crippen molar-refractivity contribution >= 4 is 11.8 Å². The Morgan fingerprint density at radius 1 is 1.30 bits per heavy atom. The molecule has 2 rings (SSSR count). The van der Waals surface area contributed by atoms with Crippen molar-refractivity contribution in [2.45, 2.75) is 70.3 Å². The predicted octanol–water partition coefficient (Wildman–Crippen LogP) is 3.74. The maximum atomic E-state index is 4.59. The first kappa shape index (κ1) is 15.8. The van der Waals surface area contributed by atoms with Crippen molar-refractivity contribution in [1.82, 2.24) is 15.3 Å². The fourth-order valence-electron chi connectivity index (χ4n) is 3.02. The van der Waals surface area contributed by atoms with Crippen LogP contribution in [0.1, 0.15) is 51.4 Å². The average molecular weight is 293 g/mol. The minimum Gasteiger partial charge on any atom is -0.313 e. The topological polar surface area (TPSA) is 37.8 Å². The largest absolute Gasteiger partial charge is 0.313 e. The van der Waals surface area contributed by atoms with E-state index in [9.17, 15) is 0 Å². The maximum Gasteiger partial charge on any atom is 0.188 e. The number of hydrogen-bond acceptors (Lipinski definition) is 4. The summed E-state index contributed by atoms with van der Waals surface area (Å²) < 4.78 is 0. The van der Waals surface area contributed by atoms with Crippen molar-refractivity contribution < 1.29 is 0 Å². The standard InChI is InChI=1S/C16H27N3S/c1-6-17-13-7-8-16(4,5)10-14(13)20-15-18-11(2)9-12(3)19-15/h9,13-14,17H,6-8,10H2,1-5H3. The molecule has 0 amide bonds. The van der Waals surface area contributed by atoms with Crippen LogP contribution >= 0.6 is 11.8 Å². The summed E-state index contributed by atoms with van der Waals surface area (Å²) >= 11 is 1.86. The van der Waals surface area contributed by atoms with Gasteiger partial charge >= 0.3 is 0 Å². The quantitative estimate of drug-likeness (QED) is 0.858. The highest BCUT2D eigenvalue weighted by Gasteiger charge is 2.35. The van der Waals surface area contributed by atoms with Crippen molar-refractivity contribution in [3.63, 3.8) is 0 Å². The van der Waals surface area contributed by atoms with Crippen LogP contribution in [0.15, 0.2) is 11.2 Å². The third kappa shape index (κ3) is 4.19. The Kier molecular flexibility index (Phi) is 5.08. The van der Waals surface area contributed by atoms with E-state index in [1.54, 1.807) is 0 Å². The summed E-state index contributed by atoms with van der Waals surface area (Å²) in [5, 5.41) is 5.15. The van der Waals surface area contributed by atoms with Crippen molar-refractivity contribution in [2.24, 2.45) is 5.41 Å². The SMILES string of the molecule is CCNC1CCC(C)(C)CC1Sc1nc(C)cc(C)n1. The molecule has 0 aromatic carbocycles. The highest BCUT2D eigenvalue weighted by atomic mass is 32.2. The molecule has 0 bridgehead atoms. The van der Waals surface area contributed by atoms with E-state index >= 15 is 0 Å². The van der Waals surface area contributed by atoms with Crippen molar-refractivity contribution in [2.75, 3.05) is 6.54 Å². The monoisotopic (exact) mass is 293 g/mol. The number of aryl methyl sites for hydroxylation is 2. The maximum absolute atomic E-state index is 4.59. The van der Waals surface area contributed by atoms with Crippen LogP contribution in [0.2, 0.25) is 0 Å². The minimum atomic E-state index is 0.433. The van der Waals surface area contributed by atoms with Crippen LogP contribution in [-0.2, 0) is 0 Å². The Labute approximate surface area is 127 Å². The van der Waals surface area contributed by atoms with Crippen LogP contribution in [0.3, 0.4) is 0 Å². The normalized spacial score (nSPS) is 25.6. The Hall–Kier alpha value is -0.610. The van der Waals surface area contributed by atoms with Gasteiger partial charge in [-0.3, -0.25) is 0 Å². The molecule has 1 saturated carbocycles. The lowest BCUT2D eigenvalue weighted by atomic mass is 9.75. The van der Waals surface area contributed by atoms with Crippen LogP contribution in [0, 0.1) is 19.3 Å². The molecule has 20 heavy (non-hydrogen) atoms. The van der Waals surface area contributed by atoms with Crippen LogP contribution in [0.5, 0.6) is 0 Å². The molecule has 1 aromatic rings. The van der Waals surface area contributed by atoms with Gasteiger partial charge in [0.2, 0.25) is 0 Å².